The fraction of sp³-hybridized carbons (Fsp3) is 0.481. The topological polar surface area (TPSA) is 162 Å². The second-order valence-electron chi connectivity index (χ2n) is 11.3. The van der Waals surface area contributed by atoms with Crippen molar-refractivity contribution in [3.05, 3.63) is 46.9 Å². The van der Waals surface area contributed by atoms with E-state index in [0.29, 0.717) is 42.5 Å². The Morgan fingerprint density at radius 2 is 1.85 bits per heavy atom. The number of H-pyrrole nitrogens is 1. The van der Waals surface area contributed by atoms with E-state index in [-0.39, 0.29) is 28.7 Å². The Morgan fingerprint density at radius 3 is 2.42 bits per heavy atom. The average molecular weight is 570 g/mol. The third-order valence-corrected chi connectivity index (χ3v) is 8.30. The molecule has 3 N–H and O–H groups in total. The Morgan fingerprint density at radius 1 is 1.20 bits per heavy atom. The molecule has 0 radical (unpaired) electrons. The number of nitrogens with one attached hydrogen (secondary N) is 3. The Kier molecular flexibility index (Phi) is 7.96. The average Bonchev–Trinajstić information content (AvgIpc) is 3.23. The van der Waals surface area contributed by atoms with Crippen LogP contribution in [0, 0.1) is 11.3 Å². The minimum Gasteiger partial charge on any atom is -0.444 e. The summed E-state index contributed by atoms with van der Waals surface area (Å²) < 4.78 is 34.8. The van der Waals surface area contributed by atoms with Gasteiger partial charge in [-0.2, -0.15) is 10.4 Å². The first kappa shape index (κ1) is 29.1. The molecule has 1 fully saturated rings. The van der Waals surface area contributed by atoms with Gasteiger partial charge in [-0.3, -0.25) is 9.48 Å². The lowest BCUT2D eigenvalue weighted by Gasteiger charge is -2.41. The normalized spacial score (nSPS) is 15.7. The molecule has 0 unspecified atom stereocenters. The van der Waals surface area contributed by atoms with E-state index in [2.05, 4.69) is 21.1 Å². The number of amides is 1. The number of likely N-dealkylation sites (tertiary alicyclic amines) is 1. The van der Waals surface area contributed by atoms with Crippen molar-refractivity contribution in [3.63, 3.8) is 0 Å². The summed E-state index contributed by atoms with van der Waals surface area (Å²) in [7, 11) is -3.66. The Balaban J connectivity index is 1.67. The van der Waals surface area contributed by atoms with Crippen LogP contribution in [0.25, 0.3) is 10.9 Å². The van der Waals surface area contributed by atoms with Crippen LogP contribution in [-0.4, -0.2) is 58.9 Å². The molecular formula is C27H35N7O5S. The van der Waals surface area contributed by atoms with Crippen LogP contribution in [0.4, 0.5) is 16.3 Å². The van der Waals surface area contributed by atoms with E-state index in [4.69, 9.17) is 9.84 Å². The van der Waals surface area contributed by atoms with Crippen molar-refractivity contribution in [1.82, 2.24) is 24.4 Å². The Hall–Kier alpha value is -3.89. The van der Waals surface area contributed by atoms with E-state index in [1.165, 1.54) is 18.3 Å². The first-order valence-corrected chi connectivity index (χ1v) is 14.6. The summed E-state index contributed by atoms with van der Waals surface area (Å²) in [5.41, 5.74) is -0.643. The van der Waals surface area contributed by atoms with Crippen molar-refractivity contribution in [2.45, 2.75) is 76.0 Å². The van der Waals surface area contributed by atoms with Crippen molar-refractivity contribution >= 4 is 38.5 Å². The van der Waals surface area contributed by atoms with E-state index >= 15 is 0 Å². The molecule has 2 aromatic heterocycles. The van der Waals surface area contributed by atoms with Gasteiger partial charge in [0.05, 0.1) is 28.4 Å². The van der Waals surface area contributed by atoms with E-state index in [1.54, 1.807) is 41.6 Å². The number of aromatic nitrogens is 3. The summed E-state index contributed by atoms with van der Waals surface area (Å²) in [5, 5.41) is 18.0. The van der Waals surface area contributed by atoms with E-state index in [9.17, 15) is 23.3 Å². The maximum absolute atomic E-state index is 12.9. The first-order valence-electron chi connectivity index (χ1n) is 13.1. The highest BCUT2D eigenvalue weighted by atomic mass is 32.2. The van der Waals surface area contributed by atoms with Gasteiger partial charge >= 0.3 is 6.09 Å². The number of nitrogens with zero attached hydrogens (tertiary/aromatic N) is 4. The predicted octanol–water partition coefficient (Wildman–Crippen LogP) is 3.79. The lowest BCUT2D eigenvalue weighted by molar-refractivity contribution is 0.0110. The quantitative estimate of drug-likeness (QED) is 0.387. The maximum atomic E-state index is 12.9. The zero-order chi connectivity index (χ0) is 29.3. The van der Waals surface area contributed by atoms with Gasteiger partial charge in [-0.1, -0.05) is 0 Å². The number of piperidine rings is 1. The lowest BCUT2D eigenvalue weighted by Crippen LogP contribution is -2.49. The minimum absolute atomic E-state index is 0.115. The molecule has 3 aromatic rings. The molecule has 0 saturated carbocycles. The molecule has 0 aliphatic carbocycles. The standard InChI is InChI=1S/C27H35N7O5S/c1-18(2)32-40(37,38)20-8-6-19(7-9-20)30-23-22-21(10-15-29-24(22)35)34(31-23)27(11-14-28)12-16-33(17-13-27)25(36)39-26(3,4)5/h6-10,15,18,32H,11-13,16-17H2,1-5H3,(H,29,35)(H,30,31). The van der Waals surface area contributed by atoms with Gasteiger partial charge in [0.15, 0.2) is 5.82 Å². The molecule has 1 saturated heterocycles. The minimum atomic E-state index is -3.66. The maximum Gasteiger partial charge on any atom is 0.410 e. The van der Waals surface area contributed by atoms with Gasteiger partial charge in [0, 0.05) is 31.0 Å². The molecule has 1 aliphatic heterocycles. The van der Waals surface area contributed by atoms with Crippen LogP contribution in [0.5, 0.6) is 0 Å². The predicted molar refractivity (Wildman–Crippen MR) is 151 cm³/mol. The Bertz CT molecular complexity index is 1590. The molecule has 0 bridgehead atoms. The SMILES string of the molecule is CC(C)NS(=O)(=O)c1ccc(Nc2nn(C3(CC#N)CCN(C(=O)OC(C)(C)C)CC3)c3cc[nH]c(=O)c23)cc1. The summed E-state index contributed by atoms with van der Waals surface area (Å²) in [5.74, 6) is 0.277. The number of carbonyl (C=O) groups excluding carboxylic acids is 1. The molecule has 12 nitrogen and oxygen atoms in total. The van der Waals surface area contributed by atoms with Crippen LogP contribution < -0.4 is 15.6 Å². The van der Waals surface area contributed by atoms with E-state index in [0.717, 1.165) is 0 Å². The number of pyridine rings is 1. The molecule has 40 heavy (non-hydrogen) atoms. The molecule has 13 heteroatoms. The molecule has 1 aliphatic rings. The van der Waals surface area contributed by atoms with Crippen molar-refractivity contribution < 1.29 is 17.9 Å². The zero-order valence-electron chi connectivity index (χ0n) is 23.3. The van der Waals surface area contributed by atoms with Gasteiger partial charge in [0.1, 0.15) is 11.0 Å². The monoisotopic (exact) mass is 569 g/mol. The third kappa shape index (κ3) is 6.13. The molecule has 4 rings (SSSR count). The van der Waals surface area contributed by atoms with Gasteiger partial charge in [-0.25, -0.2) is 17.9 Å². The molecule has 3 heterocycles. The summed E-state index contributed by atoms with van der Waals surface area (Å²) in [4.78, 5) is 30.0. The van der Waals surface area contributed by atoms with E-state index in [1.807, 2.05) is 20.8 Å². The highest BCUT2D eigenvalue weighted by molar-refractivity contribution is 7.89. The van der Waals surface area contributed by atoms with Gasteiger partial charge in [0.2, 0.25) is 10.0 Å². The van der Waals surface area contributed by atoms with Crippen LogP contribution >= 0.6 is 0 Å². The highest BCUT2D eigenvalue weighted by Gasteiger charge is 2.41. The summed E-state index contributed by atoms with van der Waals surface area (Å²) in [6.07, 6.45) is 2.14. The fourth-order valence-corrected chi connectivity index (χ4v) is 6.05. The number of rotatable bonds is 7. The number of anilines is 2. The molecular weight excluding hydrogens is 534 g/mol. The number of nitriles is 1. The first-order chi connectivity index (χ1) is 18.7. The number of sulfonamides is 1. The van der Waals surface area contributed by atoms with Crippen LogP contribution in [-0.2, 0) is 20.3 Å². The summed E-state index contributed by atoms with van der Waals surface area (Å²) in [6, 6.07) is 9.90. The number of hydrogen-bond donors (Lipinski definition) is 3. The summed E-state index contributed by atoms with van der Waals surface area (Å²) >= 11 is 0. The number of benzene rings is 1. The number of fused-ring (bicyclic) bond motifs is 1. The molecule has 0 atom stereocenters. The van der Waals surface area contributed by atoms with Crippen molar-refractivity contribution in [3.8, 4) is 6.07 Å². The second-order valence-corrected chi connectivity index (χ2v) is 13.0. The number of hydrogen-bond acceptors (Lipinski definition) is 8. The van der Waals surface area contributed by atoms with Crippen molar-refractivity contribution in [1.29, 1.82) is 5.26 Å². The zero-order valence-corrected chi connectivity index (χ0v) is 24.1. The van der Waals surface area contributed by atoms with Crippen LogP contribution in [0.1, 0.15) is 53.9 Å². The summed E-state index contributed by atoms with van der Waals surface area (Å²) in [6.45, 7) is 9.65. The van der Waals surface area contributed by atoms with Gasteiger partial charge < -0.3 is 19.9 Å². The van der Waals surface area contributed by atoms with Gasteiger partial charge in [0.25, 0.3) is 5.56 Å². The largest absolute Gasteiger partial charge is 0.444 e. The van der Waals surface area contributed by atoms with Crippen LogP contribution in [0.15, 0.2) is 46.2 Å². The van der Waals surface area contributed by atoms with E-state index < -0.39 is 27.3 Å². The smallest absolute Gasteiger partial charge is 0.410 e. The molecule has 0 spiro atoms. The van der Waals surface area contributed by atoms with Crippen molar-refractivity contribution in [2.24, 2.45) is 0 Å². The van der Waals surface area contributed by atoms with Gasteiger partial charge in [-0.15, -0.1) is 0 Å². The lowest BCUT2D eigenvalue weighted by atomic mass is 9.85. The van der Waals surface area contributed by atoms with Crippen LogP contribution in [0.2, 0.25) is 0 Å². The Labute approximate surface area is 233 Å². The molecule has 1 aromatic carbocycles. The van der Waals surface area contributed by atoms with Crippen LogP contribution in [0.3, 0.4) is 0 Å². The molecule has 214 valence electrons. The number of aromatic amines is 1. The van der Waals surface area contributed by atoms with Crippen molar-refractivity contribution in [2.75, 3.05) is 18.4 Å². The number of carbonyl (C=O) groups is 1. The van der Waals surface area contributed by atoms with Gasteiger partial charge in [-0.05, 0) is 77.8 Å². The second kappa shape index (κ2) is 10.9. The number of ether oxygens (including phenoxy) is 1. The molecule has 1 amide bonds. The fourth-order valence-electron chi connectivity index (χ4n) is 4.80. The third-order valence-electron chi connectivity index (χ3n) is 6.63. The highest BCUT2D eigenvalue weighted by Crippen LogP contribution is 2.37.